The SMILES string of the molecule is CC1(C)c2ccccc2-c2ccc(-n3c4ccccc4c4cc(-c5nsc(-c6c7ccccc7c(-c7cccc8ccccc78)c7ccccc67)n5)ccc43)cc21. The maximum Gasteiger partial charge on any atom is 0.173 e. The number of hydrogen-bond acceptors (Lipinski definition) is 3. The van der Waals surface area contributed by atoms with Crippen molar-refractivity contribution in [2.24, 2.45) is 0 Å². The van der Waals surface area contributed by atoms with E-state index in [1.165, 1.54) is 105 Å². The lowest BCUT2D eigenvalue weighted by Crippen LogP contribution is -2.15. The number of para-hydroxylation sites is 1. The zero-order valence-corrected chi connectivity index (χ0v) is 32.3. The Bertz CT molecular complexity index is 3390. The van der Waals surface area contributed by atoms with Crippen LogP contribution < -0.4 is 0 Å². The van der Waals surface area contributed by atoms with Crippen molar-refractivity contribution < 1.29 is 0 Å². The van der Waals surface area contributed by atoms with Gasteiger partial charge in [-0.2, -0.15) is 4.37 Å². The average molecular weight is 746 g/mol. The first-order chi connectivity index (χ1) is 28.0. The average Bonchev–Trinajstić information content (AvgIpc) is 3.94. The van der Waals surface area contributed by atoms with Crippen LogP contribution in [0.4, 0.5) is 0 Å². The van der Waals surface area contributed by atoms with E-state index < -0.39 is 0 Å². The molecule has 1 aliphatic rings. The Morgan fingerprint density at radius 1 is 0.456 bits per heavy atom. The third-order valence-corrected chi connectivity index (χ3v) is 13.1. The minimum absolute atomic E-state index is 0.0746. The van der Waals surface area contributed by atoms with Crippen LogP contribution in [0, 0.1) is 0 Å². The highest BCUT2D eigenvalue weighted by atomic mass is 32.1. The Morgan fingerprint density at radius 2 is 1.05 bits per heavy atom. The molecule has 268 valence electrons. The monoisotopic (exact) mass is 745 g/mol. The summed E-state index contributed by atoms with van der Waals surface area (Å²) >= 11 is 1.48. The molecule has 1 aliphatic carbocycles. The van der Waals surface area contributed by atoms with Crippen LogP contribution in [-0.2, 0) is 5.41 Å². The standard InChI is InChI=1S/C53H35N3S/c1-53(2)45-24-11-9-17-36(45)37-28-27-34(31-46(37)53)56-47-25-12-10-18-38(47)44-30-33(26-29-48(44)56)51-54-52(57-55-51)50-42-21-7-5-19-40(42)49(41-20-6-8-22-43(41)50)39-23-13-15-32-14-3-4-16-35(32)39/h3-31H,1-2H3. The smallest absolute Gasteiger partial charge is 0.173 e. The molecule has 9 aromatic carbocycles. The van der Waals surface area contributed by atoms with Crippen molar-refractivity contribution in [2.75, 3.05) is 0 Å². The molecule has 0 bridgehead atoms. The molecule has 4 heteroatoms. The highest BCUT2D eigenvalue weighted by Gasteiger charge is 2.35. The van der Waals surface area contributed by atoms with Crippen LogP contribution in [0.5, 0.6) is 0 Å². The molecular weight excluding hydrogens is 711 g/mol. The fraction of sp³-hybridized carbons (Fsp3) is 0.0566. The molecule has 0 amide bonds. The predicted octanol–water partition coefficient (Wildman–Crippen LogP) is 14.4. The van der Waals surface area contributed by atoms with Crippen LogP contribution in [0.15, 0.2) is 176 Å². The molecule has 0 unspecified atom stereocenters. The van der Waals surface area contributed by atoms with Gasteiger partial charge in [0.1, 0.15) is 5.01 Å². The van der Waals surface area contributed by atoms with Crippen molar-refractivity contribution in [2.45, 2.75) is 19.3 Å². The second-order valence-corrected chi connectivity index (χ2v) is 16.5. The van der Waals surface area contributed by atoms with E-state index in [0.717, 1.165) is 22.0 Å². The van der Waals surface area contributed by atoms with Crippen molar-refractivity contribution >= 4 is 65.7 Å². The molecule has 0 spiro atoms. The van der Waals surface area contributed by atoms with Gasteiger partial charge in [-0.1, -0.05) is 153 Å². The summed E-state index contributed by atoms with van der Waals surface area (Å²) in [5.74, 6) is 0.747. The highest BCUT2D eigenvalue weighted by molar-refractivity contribution is 7.09. The molecule has 0 saturated heterocycles. The Kier molecular flexibility index (Phi) is 6.85. The van der Waals surface area contributed by atoms with E-state index in [2.05, 4.69) is 194 Å². The third-order valence-electron chi connectivity index (χ3n) is 12.4. The lowest BCUT2D eigenvalue weighted by Gasteiger charge is -2.22. The first-order valence-corrected chi connectivity index (χ1v) is 20.4. The summed E-state index contributed by atoms with van der Waals surface area (Å²) in [7, 11) is 0. The summed E-state index contributed by atoms with van der Waals surface area (Å²) in [5.41, 5.74) is 13.5. The van der Waals surface area contributed by atoms with Crippen LogP contribution in [0.3, 0.4) is 0 Å². The van der Waals surface area contributed by atoms with E-state index in [-0.39, 0.29) is 5.41 Å². The Labute approximate surface area is 334 Å². The van der Waals surface area contributed by atoms with Crippen molar-refractivity contribution in [1.82, 2.24) is 13.9 Å². The van der Waals surface area contributed by atoms with E-state index in [4.69, 9.17) is 9.36 Å². The predicted molar refractivity (Wildman–Crippen MR) is 241 cm³/mol. The minimum Gasteiger partial charge on any atom is -0.309 e. The molecule has 11 aromatic rings. The molecule has 2 aromatic heterocycles. The summed E-state index contributed by atoms with van der Waals surface area (Å²) in [4.78, 5) is 5.33. The molecule has 0 saturated carbocycles. The molecule has 0 N–H and O–H groups in total. The third kappa shape index (κ3) is 4.65. The van der Waals surface area contributed by atoms with E-state index in [1.54, 1.807) is 0 Å². The van der Waals surface area contributed by atoms with Crippen LogP contribution in [0.2, 0.25) is 0 Å². The Balaban J connectivity index is 1.01. The van der Waals surface area contributed by atoms with Gasteiger partial charge >= 0.3 is 0 Å². The number of rotatable bonds is 4. The summed E-state index contributed by atoms with van der Waals surface area (Å²) in [6, 6.07) is 64.2. The van der Waals surface area contributed by atoms with Gasteiger partial charge in [0, 0.05) is 33.0 Å². The highest BCUT2D eigenvalue weighted by Crippen LogP contribution is 2.50. The molecule has 0 atom stereocenters. The maximum atomic E-state index is 5.33. The van der Waals surface area contributed by atoms with Gasteiger partial charge in [-0.25, -0.2) is 4.98 Å². The molecular formula is C53H35N3S. The normalized spacial score (nSPS) is 13.2. The molecule has 57 heavy (non-hydrogen) atoms. The summed E-state index contributed by atoms with van der Waals surface area (Å²) in [6.07, 6.45) is 0. The Hall–Kier alpha value is -6.88. The van der Waals surface area contributed by atoms with Gasteiger partial charge in [-0.3, -0.25) is 0 Å². The lowest BCUT2D eigenvalue weighted by atomic mass is 9.82. The first kappa shape index (κ1) is 32.4. The van der Waals surface area contributed by atoms with E-state index >= 15 is 0 Å². The van der Waals surface area contributed by atoms with Crippen LogP contribution in [-0.4, -0.2) is 13.9 Å². The van der Waals surface area contributed by atoms with Crippen LogP contribution in [0.1, 0.15) is 25.0 Å². The summed E-state index contributed by atoms with van der Waals surface area (Å²) in [6.45, 7) is 4.69. The molecule has 0 radical (unpaired) electrons. The number of benzene rings is 9. The Morgan fingerprint density at radius 3 is 1.84 bits per heavy atom. The molecule has 0 aliphatic heterocycles. The van der Waals surface area contributed by atoms with Gasteiger partial charge in [0.05, 0.1) is 11.0 Å². The zero-order valence-electron chi connectivity index (χ0n) is 31.5. The second-order valence-electron chi connectivity index (χ2n) is 15.8. The molecule has 0 fully saturated rings. The van der Waals surface area contributed by atoms with Crippen molar-refractivity contribution in [3.63, 3.8) is 0 Å². The van der Waals surface area contributed by atoms with Gasteiger partial charge in [-0.15, -0.1) is 0 Å². The van der Waals surface area contributed by atoms with E-state index in [0.29, 0.717) is 0 Å². The van der Waals surface area contributed by atoms with E-state index in [9.17, 15) is 0 Å². The lowest BCUT2D eigenvalue weighted by molar-refractivity contribution is 0.660. The number of fused-ring (bicyclic) bond motifs is 9. The van der Waals surface area contributed by atoms with Gasteiger partial charge in [0.2, 0.25) is 0 Å². The number of hydrogen-bond donors (Lipinski definition) is 0. The largest absolute Gasteiger partial charge is 0.309 e. The number of nitrogens with zero attached hydrogens (tertiary/aromatic N) is 3. The molecule has 12 rings (SSSR count). The van der Waals surface area contributed by atoms with Gasteiger partial charge in [-0.05, 0) is 114 Å². The van der Waals surface area contributed by atoms with Crippen molar-refractivity contribution in [3.8, 4) is 49.9 Å². The topological polar surface area (TPSA) is 30.7 Å². The number of aromatic nitrogens is 3. The first-order valence-electron chi connectivity index (χ1n) is 19.6. The van der Waals surface area contributed by atoms with E-state index in [1.807, 2.05) is 0 Å². The minimum atomic E-state index is -0.0746. The van der Waals surface area contributed by atoms with Crippen molar-refractivity contribution in [3.05, 3.63) is 187 Å². The summed E-state index contributed by atoms with van der Waals surface area (Å²) in [5, 5.41) is 10.6. The zero-order chi connectivity index (χ0) is 37.8. The van der Waals surface area contributed by atoms with Gasteiger partial charge in [0.15, 0.2) is 5.82 Å². The maximum absolute atomic E-state index is 5.33. The fourth-order valence-electron chi connectivity index (χ4n) is 9.76. The quantitative estimate of drug-likeness (QED) is 0.168. The van der Waals surface area contributed by atoms with Crippen LogP contribution >= 0.6 is 11.5 Å². The van der Waals surface area contributed by atoms with Gasteiger partial charge in [0.25, 0.3) is 0 Å². The second kappa shape index (κ2) is 12.1. The van der Waals surface area contributed by atoms with Gasteiger partial charge < -0.3 is 4.57 Å². The fourth-order valence-corrected chi connectivity index (χ4v) is 10.5. The van der Waals surface area contributed by atoms with Crippen LogP contribution in [0.25, 0.3) is 104 Å². The molecule has 3 nitrogen and oxygen atoms in total. The summed E-state index contributed by atoms with van der Waals surface area (Å²) < 4.78 is 7.47. The van der Waals surface area contributed by atoms with Crippen molar-refractivity contribution in [1.29, 1.82) is 0 Å². The molecule has 2 heterocycles.